The third-order valence-corrected chi connectivity index (χ3v) is 4.02. The summed E-state index contributed by atoms with van der Waals surface area (Å²) in [5.74, 6) is 0. The van der Waals surface area contributed by atoms with E-state index < -0.39 is 10.0 Å². The second-order valence-corrected chi connectivity index (χ2v) is 5.92. The van der Waals surface area contributed by atoms with Gasteiger partial charge in [-0.2, -0.15) is 5.26 Å². The van der Waals surface area contributed by atoms with Gasteiger partial charge in [0, 0.05) is 18.8 Å². The second kappa shape index (κ2) is 5.91. The van der Waals surface area contributed by atoms with Crippen LogP contribution in [0, 0.1) is 11.3 Å². The van der Waals surface area contributed by atoms with E-state index in [9.17, 15) is 8.42 Å². The van der Waals surface area contributed by atoms with E-state index in [0.717, 1.165) is 0 Å². The molecule has 1 unspecified atom stereocenters. The van der Waals surface area contributed by atoms with Crippen LogP contribution in [0.2, 0.25) is 0 Å². The number of hydrogen-bond acceptors (Lipinski definition) is 5. The Morgan fingerprint density at radius 2 is 2.17 bits per heavy atom. The van der Waals surface area contributed by atoms with Gasteiger partial charge < -0.3 is 4.90 Å². The fraction of sp³-hybridized carbons (Fsp3) is 0.455. The molecule has 0 radical (unpaired) electrons. The first-order chi connectivity index (χ1) is 8.36. The van der Waals surface area contributed by atoms with Gasteiger partial charge in [0.2, 0.25) is 10.0 Å². The zero-order chi connectivity index (χ0) is 13.8. The molecule has 1 aromatic rings. The molecule has 0 aliphatic rings. The summed E-state index contributed by atoms with van der Waals surface area (Å²) >= 11 is 0. The number of sulfonamides is 1. The standard InChI is InChI=1S/C11H16N4O2S/c1-9(15(2)3)7-14-18(16,17)11-5-4-10(6-12)13-8-11/h4-5,8-9,14H,7H2,1-3H3. The molecule has 98 valence electrons. The first-order valence-electron chi connectivity index (χ1n) is 5.39. The fourth-order valence-corrected chi connectivity index (χ4v) is 2.17. The highest BCUT2D eigenvalue weighted by Crippen LogP contribution is 2.07. The molecule has 7 heteroatoms. The Balaban J connectivity index is 2.77. The van der Waals surface area contributed by atoms with Crippen LogP contribution < -0.4 is 4.72 Å². The Labute approximate surface area is 107 Å². The van der Waals surface area contributed by atoms with Crippen LogP contribution in [0.15, 0.2) is 23.2 Å². The average Bonchev–Trinajstić information content (AvgIpc) is 2.36. The van der Waals surface area contributed by atoms with Crippen molar-refractivity contribution >= 4 is 10.0 Å². The molecule has 0 saturated carbocycles. The third kappa shape index (κ3) is 3.77. The summed E-state index contributed by atoms with van der Waals surface area (Å²) in [6.45, 7) is 2.23. The summed E-state index contributed by atoms with van der Waals surface area (Å²) in [6.07, 6.45) is 1.18. The normalized spacial score (nSPS) is 13.3. The van der Waals surface area contributed by atoms with Crippen molar-refractivity contribution in [3.05, 3.63) is 24.0 Å². The van der Waals surface area contributed by atoms with Crippen molar-refractivity contribution in [2.75, 3.05) is 20.6 Å². The molecule has 0 saturated heterocycles. The van der Waals surface area contributed by atoms with Gasteiger partial charge in [0.25, 0.3) is 0 Å². The van der Waals surface area contributed by atoms with Crippen molar-refractivity contribution < 1.29 is 8.42 Å². The van der Waals surface area contributed by atoms with Crippen LogP contribution >= 0.6 is 0 Å². The van der Waals surface area contributed by atoms with Crippen LogP contribution in [-0.2, 0) is 10.0 Å². The van der Waals surface area contributed by atoms with E-state index >= 15 is 0 Å². The topological polar surface area (TPSA) is 86.1 Å². The van der Waals surface area contributed by atoms with E-state index in [2.05, 4.69) is 9.71 Å². The van der Waals surface area contributed by atoms with Gasteiger partial charge in [-0.25, -0.2) is 18.1 Å². The lowest BCUT2D eigenvalue weighted by Crippen LogP contribution is -2.38. The predicted octanol–water partition coefficient (Wildman–Crippen LogP) is 0.182. The molecule has 0 spiro atoms. The van der Waals surface area contributed by atoms with E-state index in [1.54, 1.807) is 0 Å². The molecule has 0 aromatic carbocycles. The lowest BCUT2D eigenvalue weighted by atomic mass is 10.3. The van der Waals surface area contributed by atoms with Crippen LogP contribution in [0.25, 0.3) is 0 Å². The molecule has 0 aliphatic heterocycles. The van der Waals surface area contributed by atoms with Crippen molar-refractivity contribution in [3.63, 3.8) is 0 Å². The molecule has 6 nitrogen and oxygen atoms in total. The van der Waals surface area contributed by atoms with Crippen LogP contribution in [0.4, 0.5) is 0 Å². The number of rotatable bonds is 5. The van der Waals surface area contributed by atoms with Crippen molar-refractivity contribution in [1.82, 2.24) is 14.6 Å². The molecule has 1 heterocycles. The number of hydrogen-bond donors (Lipinski definition) is 1. The molecule has 18 heavy (non-hydrogen) atoms. The fourth-order valence-electron chi connectivity index (χ4n) is 1.10. The number of pyridine rings is 1. The van der Waals surface area contributed by atoms with Gasteiger partial charge in [0.05, 0.1) is 0 Å². The maximum Gasteiger partial charge on any atom is 0.242 e. The van der Waals surface area contributed by atoms with Crippen molar-refractivity contribution in [2.45, 2.75) is 17.9 Å². The molecular weight excluding hydrogens is 252 g/mol. The first-order valence-corrected chi connectivity index (χ1v) is 6.87. The summed E-state index contributed by atoms with van der Waals surface area (Å²) in [5.41, 5.74) is 0.190. The van der Waals surface area contributed by atoms with Gasteiger partial charge in [-0.05, 0) is 33.2 Å². The van der Waals surface area contributed by atoms with E-state index in [4.69, 9.17) is 5.26 Å². The molecule has 0 amide bonds. The number of likely N-dealkylation sites (N-methyl/N-ethyl adjacent to an activating group) is 1. The van der Waals surface area contributed by atoms with Crippen LogP contribution in [-0.4, -0.2) is 45.0 Å². The molecule has 0 aliphatic carbocycles. The van der Waals surface area contributed by atoms with Crippen molar-refractivity contribution in [3.8, 4) is 6.07 Å². The monoisotopic (exact) mass is 268 g/mol. The van der Waals surface area contributed by atoms with Crippen LogP contribution in [0.3, 0.4) is 0 Å². The van der Waals surface area contributed by atoms with Gasteiger partial charge in [-0.15, -0.1) is 0 Å². The second-order valence-electron chi connectivity index (χ2n) is 4.16. The Kier molecular flexibility index (Phi) is 4.78. The quantitative estimate of drug-likeness (QED) is 0.823. The SMILES string of the molecule is CC(CNS(=O)(=O)c1ccc(C#N)nc1)N(C)C. The first kappa shape index (κ1) is 14.6. The molecule has 1 N–H and O–H groups in total. The highest BCUT2D eigenvalue weighted by atomic mass is 32.2. The smallest absolute Gasteiger partial charge is 0.242 e. The lowest BCUT2D eigenvalue weighted by molar-refractivity contribution is 0.314. The molecular formula is C11H16N4O2S. The maximum absolute atomic E-state index is 11.9. The summed E-state index contributed by atoms with van der Waals surface area (Å²) in [7, 11) is 0.192. The van der Waals surface area contributed by atoms with Crippen LogP contribution in [0.1, 0.15) is 12.6 Å². The van der Waals surface area contributed by atoms with Gasteiger partial charge in [0.15, 0.2) is 0 Å². The summed E-state index contributed by atoms with van der Waals surface area (Å²) < 4.78 is 26.3. The lowest BCUT2D eigenvalue weighted by Gasteiger charge is -2.19. The number of nitriles is 1. The third-order valence-electron chi connectivity index (χ3n) is 2.61. The van der Waals surface area contributed by atoms with Crippen molar-refractivity contribution in [2.24, 2.45) is 0 Å². The van der Waals surface area contributed by atoms with Crippen LogP contribution in [0.5, 0.6) is 0 Å². The van der Waals surface area contributed by atoms with E-state index in [1.807, 2.05) is 32.0 Å². The van der Waals surface area contributed by atoms with Gasteiger partial charge in [-0.3, -0.25) is 0 Å². The minimum atomic E-state index is -3.56. The van der Waals surface area contributed by atoms with Gasteiger partial charge in [0.1, 0.15) is 16.7 Å². The molecule has 0 bridgehead atoms. The van der Waals surface area contributed by atoms with Crippen molar-refractivity contribution in [1.29, 1.82) is 5.26 Å². The molecule has 1 aromatic heterocycles. The van der Waals surface area contributed by atoms with E-state index in [-0.39, 0.29) is 16.6 Å². The zero-order valence-electron chi connectivity index (χ0n) is 10.6. The molecule has 1 atom stereocenters. The highest BCUT2D eigenvalue weighted by molar-refractivity contribution is 7.89. The molecule has 1 rings (SSSR count). The van der Waals surface area contributed by atoms with Gasteiger partial charge >= 0.3 is 0 Å². The minimum absolute atomic E-state index is 0.0625. The summed E-state index contributed by atoms with van der Waals surface area (Å²) in [4.78, 5) is 5.71. The maximum atomic E-state index is 11.9. The Morgan fingerprint density at radius 1 is 1.50 bits per heavy atom. The Morgan fingerprint density at radius 3 is 2.61 bits per heavy atom. The highest BCUT2D eigenvalue weighted by Gasteiger charge is 2.16. The van der Waals surface area contributed by atoms with Gasteiger partial charge in [-0.1, -0.05) is 0 Å². The minimum Gasteiger partial charge on any atom is -0.305 e. The average molecular weight is 268 g/mol. The number of nitrogens with one attached hydrogen (secondary N) is 1. The number of nitrogens with zero attached hydrogens (tertiary/aromatic N) is 3. The number of aromatic nitrogens is 1. The predicted molar refractivity (Wildman–Crippen MR) is 67.3 cm³/mol. The Hall–Kier alpha value is -1.49. The largest absolute Gasteiger partial charge is 0.305 e. The van der Waals surface area contributed by atoms with E-state index in [1.165, 1.54) is 18.3 Å². The Bertz CT molecular complexity index is 531. The summed E-state index contributed by atoms with van der Waals surface area (Å²) in [6, 6.07) is 4.67. The zero-order valence-corrected chi connectivity index (χ0v) is 11.4. The van der Waals surface area contributed by atoms with E-state index in [0.29, 0.717) is 6.54 Å². The molecule has 0 fully saturated rings. The summed E-state index contributed by atoms with van der Waals surface area (Å²) in [5, 5.41) is 8.59.